The molecular weight excluding hydrogens is 199 g/mol. The Kier molecular flexibility index (Phi) is 2.52. The van der Waals surface area contributed by atoms with E-state index in [4.69, 9.17) is 11.6 Å². The molecule has 0 aromatic heterocycles. The van der Waals surface area contributed by atoms with Gasteiger partial charge in [-0.2, -0.15) is 0 Å². The molecule has 1 aromatic carbocycles. The van der Waals surface area contributed by atoms with E-state index in [0.717, 1.165) is 17.5 Å². The first-order valence-corrected chi connectivity index (χ1v) is 5.52. The monoisotopic (exact) mass is 212 g/mol. The van der Waals surface area contributed by atoms with Crippen LogP contribution in [-0.4, -0.2) is 0 Å². The second-order valence-corrected chi connectivity index (χ2v) is 4.49. The van der Waals surface area contributed by atoms with Crippen LogP contribution in [0.5, 0.6) is 0 Å². The molecule has 0 saturated heterocycles. The van der Waals surface area contributed by atoms with Gasteiger partial charge in [-0.15, -0.1) is 11.6 Å². The normalized spacial score (nSPS) is 30.4. The Labute approximate surface area is 89.1 Å². The summed E-state index contributed by atoms with van der Waals surface area (Å²) in [6.45, 7) is 4.19. The van der Waals surface area contributed by atoms with Crippen molar-refractivity contribution in [3.8, 4) is 0 Å². The quantitative estimate of drug-likeness (QED) is 0.611. The maximum atomic E-state index is 13.6. The molecule has 0 aliphatic heterocycles. The molecule has 2 heteroatoms. The van der Waals surface area contributed by atoms with Crippen molar-refractivity contribution in [2.24, 2.45) is 5.92 Å². The number of halogens is 2. The highest BCUT2D eigenvalue weighted by Gasteiger charge is 2.37. The lowest BCUT2D eigenvalue weighted by molar-refractivity contribution is 0.462. The number of alkyl halides is 1. The Morgan fingerprint density at radius 3 is 2.79 bits per heavy atom. The predicted molar refractivity (Wildman–Crippen MR) is 57.2 cm³/mol. The van der Waals surface area contributed by atoms with Gasteiger partial charge in [-0.25, -0.2) is 4.39 Å². The van der Waals surface area contributed by atoms with Crippen LogP contribution in [0.2, 0.25) is 0 Å². The summed E-state index contributed by atoms with van der Waals surface area (Å²) in [4.78, 5) is 0. The smallest absolute Gasteiger partial charge is 0.127 e. The first-order chi connectivity index (χ1) is 6.66. The number of fused-ring (bicyclic) bond motifs is 1. The molecule has 1 aliphatic rings. The standard InChI is InChI=1S/C12H14ClF/c1-3-8-7(2)12(13)9-5-4-6-10(14)11(8)9/h4-8,12H,3H2,1-2H3. The highest BCUT2D eigenvalue weighted by molar-refractivity contribution is 6.21. The van der Waals surface area contributed by atoms with Crippen molar-refractivity contribution in [2.75, 3.05) is 0 Å². The number of hydrogen-bond donors (Lipinski definition) is 0. The third kappa shape index (κ3) is 1.26. The van der Waals surface area contributed by atoms with Gasteiger partial charge in [-0.05, 0) is 35.4 Å². The van der Waals surface area contributed by atoms with Crippen LogP contribution in [0.15, 0.2) is 18.2 Å². The molecule has 2 rings (SSSR count). The highest BCUT2D eigenvalue weighted by Crippen LogP contribution is 2.50. The van der Waals surface area contributed by atoms with E-state index in [9.17, 15) is 4.39 Å². The molecule has 0 nitrogen and oxygen atoms in total. The molecule has 3 atom stereocenters. The van der Waals surface area contributed by atoms with Gasteiger partial charge >= 0.3 is 0 Å². The summed E-state index contributed by atoms with van der Waals surface area (Å²) in [5, 5.41) is -0.0225. The molecule has 1 aliphatic carbocycles. The van der Waals surface area contributed by atoms with Crippen molar-refractivity contribution >= 4 is 11.6 Å². The lowest BCUT2D eigenvalue weighted by Gasteiger charge is -2.15. The average Bonchev–Trinajstić information content (AvgIpc) is 2.43. The fourth-order valence-corrected chi connectivity index (χ4v) is 2.88. The van der Waals surface area contributed by atoms with Crippen LogP contribution in [0.3, 0.4) is 0 Å². The predicted octanol–water partition coefficient (Wildman–Crippen LogP) is 4.25. The average molecular weight is 213 g/mol. The highest BCUT2D eigenvalue weighted by atomic mass is 35.5. The van der Waals surface area contributed by atoms with E-state index in [1.165, 1.54) is 6.07 Å². The van der Waals surface area contributed by atoms with E-state index in [-0.39, 0.29) is 17.1 Å². The van der Waals surface area contributed by atoms with Crippen molar-refractivity contribution in [1.82, 2.24) is 0 Å². The van der Waals surface area contributed by atoms with Crippen LogP contribution in [0, 0.1) is 11.7 Å². The first-order valence-electron chi connectivity index (χ1n) is 5.09. The summed E-state index contributed by atoms with van der Waals surface area (Å²) >= 11 is 6.27. The van der Waals surface area contributed by atoms with E-state index < -0.39 is 0 Å². The Balaban J connectivity index is 2.56. The third-order valence-corrected chi connectivity index (χ3v) is 3.92. The first kappa shape index (κ1) is 9.97. The zero-order valence-electron chi connectivity index (χ0n) is 8.43. The van der Waals surface area contributed by atoms with E-state index in [0.29, 0.717) is 5.92 Å². The third-order valence-electron chi connectivity index (χ3n) is 3.29. The molecule has 0 N–H and O–H groups in total. The van der Waals surface area contributed by atoms with E-state index in [1.807, 2.05) is 6.07 Å². The van der Waals surface area contributed by atoms with Gasteiger partial charge in [0.1, 0.15) is 5.82 Å². The van der Waals surface area contributed by atoms with Gasteiger partial charge in [0, 0.05) is 0 Å². The Bertz CT molecular complexity index is 348. The summed E-state index contributed by atoms with van der Waals surface area (Å²) in [6, 6.07) is 5.22. The van der Waals surface area contributed by atoms with Gasteiger partial charge in [0.2, 0.25) is 0 Å². The molecule has 14 heavy (non-hydrogen) atoms. The van der Waals surface area contributed by atoms with E-state index >= 15 is 0 Å². The molecule has 0 amide bonds. The second kappa shape index (κ2) is 3.54. The van der Waals surface area contributed by atoms with Crippen LogP contribution in [-0.2, 0) is 0 Å². The Hall–Kier alpha value is -0.560. The molecule has 3 unspecified atom stereocenters. The Morgan fingerprint density at radius 2 is 2.14 bits per heavy atom. The maximum absolute atomic E-state index is 13.6. The molecule has 76 valence electrons. The fraction of sp³-hybridized carbons (Fsp3) is 0.500. The lowest BCUT2D eigenvalue weighted by Crippen LogP contribution is -2.04. The molecule has 0 bridgehead atoms. The van der Waals surface area contributed by atoms with Gasteiger partial charge in [0.25, 0.3) is 0 Å². The molecule has 0 spiro atoms. The van der Waals surface area contributed by atoms with Crippen LogP contribution in [0.1, 0.15) is 42.7 Å². The molecular formula is C12H14ClF. The summed E-state index contributed by atoms with van der Waals surface area (Å²) in [5.74, 6) is 0.534. The second-order valence-electron chi connectivity index (χ2n) is 4.02. The van der Waals surface area contributed by atoms with Gasteiger partial charge in [-0.3, -0.25) is 0 Å². The maximum Gasteiger partial charge on any atom is 0.127 e. The largest absolute Gasteiger partial charge is 0.207 e. The SMILES string of the molecule is CCC1c2c(F)cccc2C(Cl)C1C. The van der Waals surface area contributed by atoms with Gasteiger partial charge < -0.3 is 0 Å². The number of benzene rings is 1. The zero-order valence-corrected chi connectivity index (χ0v) is 9.18. The van der Waals surface area contributed by atoms with Gasteiger partial charge in [0.05, 0.1) is 5.38 Å². The molecule has 0 heterocycles. The van der Waals surface area contributed by atoms with Crippen LogP contribution in [0.25, 0.3) is 0 Å². The molecule has 0 fully saturated rings. The van der Waals surface area contributed by atoms with Gasteiger partial charge in [-0.1, -0.05) is 26.0 Å². The van der Waals surface area contributed by atoms with Crippen LogP contribution in [0.4, 0.5) is 4.39 Å². The van der Waals surface area contributed by atoms with Crippen molar-refractivity contribution in [3.63, 3.8) is 0 Å². The summed E-state index contributed by atoms with van der Waals surface area (Å²) in [6.07, 6.45) is 0.957. The fourth-order valence-electron chi connectivity index (χ4n) is 2.51. The summed E-state index contributed by atoms with van der Waals surface area (Å²) < 4.78 is 13.6. The zero-order chi connectivity index (χ0) is 10.3. The van der Waals surface area contributed by atoms with Crippen LogP contribution >= 0.6 is 11.6 Å². The number of rotatable bonds is 1. The Morgan fingerprint density at radius 1 is 1.43 bits per heavy atom. The van der Waals surface area contributed by atoms with E-state index in [2.05, 4.69) is 13.8 Å². The summed E-state index contributed by atoms with van der Waals surface area (Å²) in [5.41, 5.74) is 1.84. The van der Waals surface area contributed by atoms with Crippen molar-refractivity contribution < 1.29 is 4.39 Å². The minimum Gasteiger partial charge on any atom is -0.207 e. The van der Waals surface area contributed by atoms with Crippen molar-refractivity contribution in [2.45, 2.75) is 31.6 Å². The molecule has 0 radical (unpaired) electrons. The number of hydrogen-bond acceptors (Lipinski definition) is 0. The molecule has 1 aromatic rings. The van der Waals surface area contributed by atoms with Crippen molar-refractivity contribution in [1.29, 1.82) is 0 Å². The topological polar surface area (TPSA) is 0 Å². The van der Waals surface area contributed by atoms with Gasteiger partial charge in [0.15, 0.2) is 0 Å². The minimum atomic E-state index is -0.0932. The lowest BCUT2D eigenvalue weighted by atomic mass is 9.91. The summed E-state index contributed by atoms with van der Waals surface area (Å²) in [7, 11) is 0. The molecule has 0 saturated carbocycles. The minimum absolute atomic E-state index is 0.0225. The van der Waals surface area contributed by atoms with E-state index in [1.54, 1.807) is 6.07 Å². The van der Waals surface area contributed by atoms with Crippen LogP contribution < -0.4 is 0 Å². The van der Waals surface area contributed by atoms with Crippen molar-refractivity contribution in [3.05, 3.63) is 35.1 Å².